The smallest absolute Gasteiger partial charge is 0.0384 e. The van der Waals surface area contributed by atoms with Crippen molar-refractivity contribution in [2.45, 2.75) is 40.5 Å². The summed E-state index contributed by atoms with van der Waals surface area (Å²) in [5.74, 6) is 0. The molecule has 0 aliphatic carbocycles. The zero-order valence-corrected chi connectivity index (χ0v) is 19.0. The molecule has 156 valence electrons. The van der Waals surface area contributed by atoms with Gasteiger partial charge >= 0.3 is 0 Å². The minimum atomic E-state index is 0.973. The van der Waals surface area contributed by atoms with Crippen LogP contribution in [0.5, 0.6) is 0 Å². The van der Waals surface area contributed by atoms with E-state index in [1.807, 2.05) is 0 Å². The zero-order valence-electron chi connectivity index (χ0n) is 19.0. The molecular weight excluding hydrogens is 374 g/mol. The van der Waals surface area contributed by atoms with Gasteiger partial charge in [0.25, 0.3) is 0 Å². The van der Waals surface area contributed by atoms with Crippen molar-refractivity contribution in [3.8, 4) is 0 Å². The molecule has 0 radical (unpaired) electrons. The number of aryl methyl sites for hydroxylation is 2. The highest BCUT2D eigenvalue weighted by Crippen LogP contribution is 2.22. The van der Waals surface area contributed by atoms with Crippen LogP contribution in [0.4, 0.5) is 11.4 Å². The van der Waals surface area contributed by atoms with Gasteiger partial charge in [0, 0.05) is 11.4 Å². The number of anilines is 2. The van der Waals surface area contributed by atoms with E-state index in [2.05, 4.69) is 118 Å². The number of benzene rings is 4. The molecule has 0 amide bonds. The molecule has 0 saturated carbocycles. The maximum absolute atomic E-state index is 3.53. The lowest BCUT2D eigenvalue weighted by atomic mass is 9.97. The number of nitrogens with one attached hydrogen (secondary N) is 1. The summed E-state index contributed by atoms with van der Waals surface area (Å²) in [6.07, 6.45) is 1.95. The molecule has 0 aromatic heterocycles. The fourth-order valence-corrected chi connectivity index (χ4v) is 4.03. The van der Waals surface area contributed by atoms with Crippen molar-refractivity contribution >= 4 is 11.4 Å². The quantitative estimate of drug-likeness (QED) is 0.344. The highest BCUT2D eigenvalue weighted by Gasteiger charge is 2.04. The second-order valence-corrected chi connectivity index (χ2v) is 8.59. The van der Waals surface area contributed by atoms with Crippen LogP contribution in [0.15, 0.2) is 84.9 Å². The van der Waals surface area contributed by atoms with Gasteiger partial charge < -0.3 is 5.32 Å². The third kappa shape index (κ3) is 5.06. The standard InChI is InChI=1S/C30H31N/c1-21-7-5-9-27(23(21)3)19-25-11-15-29(16-12-25)31-30-17-13-26(14-18-30)20-28-10-6-8-22(2)24(28)4/h5-18,31H,19-20H2,1-4H3. The maximum atomic E-state index is 3.53. The lowest BCUT2D eigenvalue weighted by molar-refractivity contribution is 1.13. The SMILES string of the molecule is Cc1cccc(Cc2ccc(Nc3ccc(Cc4cccc(C)c4C)cc3)cc2)c1C. The molecule has 0 atom stereocenters. The summed E-state index contributed by atoms with van der Waals surface area (Å²) in [5, 5.41) is 3.53. The van der Waals surface area contributed by atoms with E-state index in [9.17, 15) is 0 Å². The van der Waals surface area contributed by atoms with Gasteiger partial charge in [-0.25, -0.2) is 0 Å². The fourth-order valence-electron chi connectivity index (χ4n) is 4.03. The Balaban J connectivity index is 1.40. The molecule has 0 unspecified atom stereocenters. The molecule has 0 spiro atoms. The third-order valence-corrected chi connectivity index (χ3v) is 6.42. The van der Waals surface area contributed by atoms with Crippen molar-refractivity contribution in [1.82, 2.24) is 0 Å². The molecule has 4 rings (SSSR count). The number of hydrogen-bond acceptors (Lipinski definition) is 1. The largest absolute Gasteiger partial charge is 0.356 e. The monoisotopic (exact) mass is 405 g/mol. The van der Waals surface area contributed by atoms with Crippen molar-refractivity contribution in [2.24, 2.45) is 0 Å². The Labute approximate surface area is 186 Å². The van der Waals surface area contributed by atoms with E-state index in [-0.39, 0.29) is 0 Å². The van der Waals surface area contributed by atoms with Crippen LogP contribution in [-0.4, -0.2) is 0 Å². The second-order valence-electron chi connectivity index (χ2n) is 8.59. The van der Waals surface area contributed by atoms with E-state index in [1.165, 1.54) is 44.5 Å². The van der Waals surface area contributed by atoms with Crippen LogP contribution >= 0.6 is 0 Å². The molecule has 4 aromatic carbocycles. The molecule has 1 heteroatoms. The highest BCUT2D eigenvalue weighted by molar-refractivity contribution is 5.60. The Hall–Kier alpha value is -3.32. The van der Waals surface area contributed by atoms with E-state index in [0.717, 1.165) is 24.2 Å². The summed E-state index contributed by atoms with van der Waals surface area (Å²) in [5.41, 5.74) is 13.2. The van der Waals surface area contributed by atoms with E-state index >= 15 is 0 Å². The summed E-state index contributed by atoms with van der Waals surface area (Å²) in [6, 6.07) is 30.7. The van der Waals surface area contributed by atoms with Crippen molar-refractivity contribution in [3.05, 3.63) is 129 Å². The molecule has 31 heavy (non-hydrogen) atoms. The first-order valence-corrected chi connectivity index (χ1v) is 11.0. The van der Waals surface area contributed by atoms with Gasteiger partial charge in [0.2, 0.25) is 0 Å². The van der Waals surface area contributed by atoms with Crippen LogP contribution in [0.3, 0.4) is 0 Å². The normalized spacial score (nSPS) is 10.8. The van der Waals surface area contributed by atoms with Crippen LogP contribution in [0.1, 0.15) is 44.5 Å². The Morgan fingerprint density at radius 3 is 1.26 bits per heavy atom. The summed E-state index contributed by atoms with van der Waals surface area (Å²) in [6.45, 7) is 8.79. The van der Waals surface area contributed by atoms with E-state index in [1.54, 1.807) is 0 Å². The van der Waals surface area contributed by atoms with Crippen LogP contribution in [0.25, 0.3) is 0 Å². The van der Waals surface area contributed by atoms with Gasteiger partial charge in [-0.2, -0.15) is 0 Å². The molecule has 0 aliphatic rings. The van der Waals surface area contributed by atoms with Gasteiger partial charge in [-0.3, -0.25) is 0 Å². The Bertz CT molecular complexity index is 1070. The second kappa shape index (κ2) is 9.22. The van der Waals surface area contributed by atoms with Crippen LogP contribution in [0.2, 0.25) is 0 Å². The molecule has 1 N–H and O–H groups in total. The molecule has 0 aliphatic heterocycles. The van der Waals surface area contributed by atoms with Gasteiger partial charge in [-0.15, -0.1) is 0 Å². The summed E-state index contributed by atoms with van der Waals surface area (Å²) in [4.78, 5) is 0. The molecule has 4 aromatic rings. The predicted octanol–water partition coefficient (Wildman–Crippen LogP) is 7.85. The van der Waals surface area contributed by atoms with Crippen LogP contribution in [-0.2, 0) is 12.8 Å². The summed E-state index contributed by atoms with van der Waals surface area (Å²) in [7, 11) is 0. The Kier molecular flexibility index (Phi) is 6.23. The first-order valence-electron chi connectivity index (χ1n) is 11.0. The molecule has 0 heterocycles. The maximum Gasteiger partial charge on any atom is 0.0384 e. The van der Waals surface area contributed by atoms with Crippen molar-refractivity contribution in [2.75, 3.05) is 5.32 Å². The molecule has 0 fully saturated rings. The predicted molar refractivity (Wildman–Crippen MR) is 134 cm³/mol. The Morgan fingerprint density at radius 1 is 0.484 bits per heavy atom. The number of hydrogen-bond donors (Lipinski definition) is 1. The average molecular weight is 406 g/mol. The zero-order chi connectivity index (χ0) is 21.8. The molecule has 0 bridgehead atoms. The third-order valence-electron chi connectivity index (χ3n) is 6.42. The molecule has 0 saturated heterocycles. The topological polar surface area (TPSA) is 12.0 Å². The Morgan fingerprint density at radius 2 is 0.871 bits per heavy atom. The summed E-state index contributed by atoms with van der Waals surface area (Å²) < 4.78 is 0. The van der Waals surface area contributed by atoms with Gasteiger partial charge in [0.1, 0.15) is 0 Å². The summed E-state index contributed by atoms with van der Waals surface area (Å²) >= 11 is 0. The minimum absolute atomic E-state index is 0.973. The minimum Gasteiger partial charge on any atom is -0.356 e. The lowest BCUT2D eigenvalue weighted by Crippen LogP contribution is -1.96. The first-order chi connectivity index (χ1) is 15.0. The molecule has 1 nitrogen and oxygen atoms in total. The van der Waals surface area contributed by atoms with E-state index < -0.39 is 0 Å². The first kappa shape index (κ1) is 20.9. The lowest BCUT2D eigenvalue weighted by Gasteiger charge is -2.11. The van der Waals surface area contributed by atoms with E-state index in [4.69, 9.17) is 0 Å². The fraction of sp³-hybridized carbons (Fsp3) is 0.200. The van der Waals surface area contributed by atoms with Crippen LogP contribution < -0.4 is 5.32 Å². The van der Waals surface area contributed by atoms with E-state index in [0.29, 0.717) is 0 Å². The average Bonchev–Trinajstić information content (AvgIpc) is 2.77. The van der Waals surface area contributed by atoms with Crippen molar-refractivity contribution in [3.63, 3.8) is 0 Å². The van der Waals surface area contributed by atoms with Crippen molar-refractivity contribution in [1.29, 1.82) is 0 Å². The highest BCUT2D eigenvalue weighted by atomic mass is 14.9. The van der Waals surface area contributed by atoms with Gasteiger partial charge in [-0.1, -0.05) is 60.7 Å². The molecular formula is C30H31N. The van der Waals surface area contributed by atoms with Gasteiger partial charge in [-0.05, 0) is 109 Å². The number of rotatable bonds is 6. The van der Waals surface area contributed by atoms with Crippen LogP contribution in [0, 0.1) is 27.7 Å². The van der Waals surface area contributed by atoms with Gasteiger partial charge in [0.05, 0.1) is 0 Å². The van der Waals surface area contributed by atoms with Gasteiger partial charge in [0.15, 0.2) is 0 Å². The van der Waals surface area contributed by atoms with Crippen molar-refractivity contribution < 1.29 is 0 Å².